The molecule has 1 aliphatic rings. The van der Waals surface area contributed by atoms with E-state index in [1.165, 1.54) is 35.9 Å². The fraction of sp³-hybridized carbons (Fsp3) is 0.389. The van der Waals surface area contributed by atoms with Gasteiger partial charge in [0.05, 0.1) is 22.9 Å². The number of tetrazole rings is 1. The van der Waals surface area contributed by atoms with E-state index < -0.39 is 0 Å². The Labute approximate surface area is 168 Å². The highest BCUT2D eigenvalue weighted by molar-refractivity contribution is 7.99. The van der Waals surface area contributed by atoms with Crippen LogP contribution >= 0.6 is 23.1 Å². The minimum atomic E-state index is -0.157. The van der Waals surface area contributed by atoms with Crippen molar-refractivity contribution in [2.45, 2.75) is 49.1 Å². The Balaban J connectivity index is 1.45. The summed E-state index contributed by atoms with van der Waals surface area (Å²) in [5.41, 5.74) is 0.617. The molecule has 4 aromatic heterocycles. The molecule has 0 spiro atoms. The molecule has 0 bridgehead atoms. The third-order valence-corrected chi connectivity index (χ3v) is 6.98. The predicted octanol–water partition coefficient (Wildman–Crippen LogP) is 4.20. The van der Waals surface area contributed by atoms with Crippen LogP contribution in [0.2, 0.25) is 0 Å². The predicted molar refractivity (Wildman–Crippen MR) is 108 cm³/mol. The van der Waals surface area contributed by atoms with Gasteiger partial charge in [0.1, 0.15) is 16.4 Å². The zero-order valence-electron chi connectivity index (χ0n) is 15.2. The summed E-state index contributed by atoms with van der Waals surface area (Å²) in [5, 5.41) is 15.4. The van der Waals surface area contributed by atoms with Crippen molar-refractivity contribution in [3.8, 4) is 11.3 Å². The van der Waals surface area contributed by atoms with Gasteiger partial charge in [0, 0.05) is 10.9 Å². The van der Waals surface area contributed by atoms with Gasteiger partial charge in [-0.25, -0.2) is 9.67 Å². The fourth-order valence-electron chi connectivity index (χ4n) is 3.63. The van der Waals surface area contributed by atoms with E-state index in [4.69, 9.17) is 9.40 Å². The van der Waals surface area contributed by atoms with Gasteiger partial charge in [-0.3, -0.25) is 4.79 Å². The van der Waals surface area contributed by atoms with Crippen molar-refractivity contribution in [1.29, 1.82) is 0 Å². The third-order valence-electron chi connectivity index (χ3n) is 5.05. The van der Waals surface area contributed by atoms with E-state index in [1.54, 1.807) is 6.26 Å². The Kier molecular flexibility index (Phi) is 4.52. The largest absolute Gasteiger partial charge is 0.464 e. The third kappa shape index (κ3) is 3.06. The van der Waals surface area contributed by atoms with E-state index in [2.05, 4.69) is 20.5 Å². The lowest BCUT2D eigenvalue weighted by Crippen LogP contribution is -2.13. The number of hydrogen-bond donors (Lipinski definition) is 1. The van der Waals surface area contributed by atoms with Crippen molar-refractivity contribution in [3.63, 3.8) is 0 Å². The van der Waals surface area contributed by atoms with Crippen LogP contribution in [0, 0.1) is 0 Å². The van der Waals surface area contributed by atoms with Gasteiger partial charge in [-0.1, -0.05) is 24.6 Å². The molecule has 0 saturated heterocycles. The molecule has 4 heterocycles. The maximum atomic E-state index is 12.8. The number of thioether (sulfide) groups is 1. The van der Waals surface area contributed by atoms with E-state index in [1.807, 2.05) is 29.1 Å². The van der Waals surface area contributed by atoms with Gasteiger partial charge in [-0.05, 0) is 42.3 Å². The quantitative estimate of drug-likeness (QED) is 0.488. The lowest BCUT2D eigenvalue weighted by Gasteiger charge is -2.13. The van der Waals surface area contributed by atoms with Crippen LogP contribution in [-0.2, 0) is 0 Å². The van der Waals surface area contributed by atoms with Crippen LogP contribution in [0.5, 0.6) is 0 Å². The monoisotopic (exact) mass is 414 g/mol. The normalized spacial score (nSPS) is 16.2. The highest BCUT2D eigenvalue weighted by Crippen LogP contribution is 2.37. The summed E-state index contributed by atoms with van der Waals surface area (Å²) in [6, 6.07) is 4.02. The van der Waals surface area contributed by atoms with E-state index in [0.29, 0.717) is 27.8 Å². The van der Waals surface area contributed by atoms with Gasteiger partial charge in [-0.2, -0.15) is 0 Å². The molecule has 144 valence electrons. The van der Waals surface area contributed by atoms with Crippen molar-refractivity contribution >= 4 is 33.3 Å². The first-order valence-electron chi connectivity index (χ1n) is 9.20. The van der Waals surface area contributed by atoms with E-state index in [0.717, 1.165) is 23.6 Å². The number of fused-ring (bicyclic) bond motifs is 1. The Morgan fingerprint density at radius 1 is 1.39 bits per heavy atom. The number of hydrogen-bond acceptors (Lipinski definition) is 8. The number of thiophene rings is 1. The van der Waals surface area contributed by atoms with E-state index in [-0.39, 0.29) is 10.8 Å². The molecule has 1 unspecified atom stereocenters. The Morgan fingerprint density at radius 2 is 2.25 bits per heavy atom. The van der Waals surface area contributed by atoms with Gasteiger partial charge in [-0.15, -0.1) is 16.4 Å². The lowest BCUT2D eigenvalue weighted by atomic mass is 10.2. The van der Waals surface area contributed by atoms with Crippen LogP contribution in [0.15, 0.2) is 38.1 Å². The molecule has 8 nitrogen and oxygen atoms in total. The van der Waals surface area contributed by atoms with Crippen molar-refractivity contribution < 1.29 is 4.42 Å². The number of aromatic amines is 1. The van der Waals surface area contributed by atoms with Crippen LogP contribution in [0.25, 0.3) is 21.5 Å². The highest BCUT2D eigenvalue weighted by Gasteiger charge is 2.24. The smallest absolute Gasteiger partial charge is 0.260 e. The molecule has 5 rings (SSSR count). The molecular weight excluding hydrogens is 396 g/mol. The first-order chi connectivity index (χ1) is 13.7. The highest BCUT2D eigenvalue weighted by atomic mass is 32.2. The van der Waals surface area contributed by atoms with Crippen molar-refractivity contribution in [1.82, 2.24) is 30.2 Å². The van der Waals surface area contributed by atoms with Crippen molar-refractivity contribution in [2.24, 2.45) is 0 Å². The Hall–Kier alpha value is -2.46. The first-order valence-corrected chi connectivity index (χ1v) is 11.0. The number of nitrogens with zero attached hydrogens (tertiary/aromatic N) is 5. The second-order valence-electron chi connectivity index (χ2n) is 6.86. The standard InChI is InChI=1S/C18H18N6O2S2/c1-10(28-18-21-22-23-24(18)11-5-2-3-6-11)15-19-16(25)14-12(9-27-17(14)20-15)13-7-4-8-26-13/h4,7-11H,2-3,5-6H2,1H3,(H,19,20,25). The van der Waals surface area contributed by atoms with Crippen LogP contribution in [0.4, 0.5) is 0 Å². The molecule has 1 saturated carbocycles. The summed E-state index contributed by atoms with van der Waals surface area (Å²) in [5.74, 6) is 1.29. The summed E-state index contributed by atoms with van der Waals surface area (Å²) in [4.78, 5) is 21.1. The molecule has 4 aromatic rings. The minimum absolute atomic E-state index is 0.0857. The summed E-state index contributed by atoms with van der Waals surface area (Å²) in [6.45, 7) is 2.00. The molecular formula is C18H18N6O2S2. The zero-order valence-corrected chi connectivity index (χ0v) is 16.8. The molecule has 0 aromatic carbocycles. The first kappa shape index (κ1) is 17.6. The maximum absolute atomic E-state index is 12.8. The summed E-state index contributed by atoms with van der Waals surface area (Å²) in [6.07, 6.45) is 6.25. The topological polar surface area (TPSA) is 102 Å². The second kappa shape index (κ2) is 7.17. The molecule has 1 aliphatic carbocycles. The average molecular weight is 415 g/mol. The van der Waals surface area contributed by atoms with Gasteiger partial charge < -0.3 is 9.40 Å². The molecule has 1 atom stereocenters. The SMILES string of the molecule is CC(Sc1nnnn1C1CCCC1)c1nc2scc(-c3ccco3)c2c(=O)[nH]1. The number of aromatic nitrogens is 6. The number of rotatable bonds is 5. The Morgan fingerprint density at radius 3 is 3.04 bits per heavy atom. The molecule has 1 N–H and O–H groups in total. The average Bonchev–Trinajstić information content (AvgIpc) is 3.46. The summed E-state index contributed by atoms with van der Waals surface area (Å²) in [7, 11) is 0. The van der Waals surface area contributed by atoms with Gasteiger partial charge in [0.15, 0.2) is 0 Å². The molecule has 0 radical (unpaired) electrons. The number of H-pyrrole nitrogens is 1. The van der Waals surface area contributed by atoms with Crippen molar-refractivity contribution in [2.75, 3.05) is 0 Å². The second-order valence-corrected chi connectivity index (χ2v) is 9.03. The lowest BCUT2D eigenvalue weighted by molar-refractivity contribution is 0.422. The fourth-order valence-corrected chi connectivity index (χ4v) is 5.48. The molecule has 1 fully saturated rings. The van der Waals surface area contributed by atoms with Crippen LogP contribution in [-0.4, -0.2) is 30.2 Å². The molecule has 0 amide bonds. The molecule has 28 heavy (non-hydrogen) atoms. The summed E-state index contributed by atoms with van der Waals surface area (Å²) < 4.78 is 7.37. The maximum Gasteiger partial charge on any atom is 0.260 e. The van der Waals surface area contributed by atoms with Crippen LogP contribution in [0.1, 0.15) is 49.7 Å². The molecule has 0 aliphatic heterocycles. The number of furan rings is 1. The van der Waals surface area contributed by atoms with Gasteiger partial charge in [0.2, 0.25) is 5.16 Å². The van der Waals surface area contributed by atoms with E-state index >= 15 is 0 Å². The van der Waals surface area contributed by atoms with E-state index in [9.17, 15) is 4.79 Å². The van der Waals surface area contributed by atoms with Gasteiger partial charge in [0.25, 0.3) is 5.56 Å². The zero-order chi connectivity index (χ0) is 19.1. The van der Waals surface area contributed by atoms with Crippen molar-refractivity contribution in [3.05, 3.63) is 40.0 Å². The van der Waals surface area contributed by atoms with Gasteiger partial charge >= 0.3 is 0 Å². The summed E-state index contributed by atoms with van der Waals surface area (Å²) >= 11 is 2.96. The van der Waals surface area contributed by atoms with Crippen LogP contribution in [0.3, 0.4) is 0 Å². The number of nitrogens with one attached hydrogen (secondary N) is 1. The Bertz CT molecular complexity index is 1160. The van der Waals surface area contributed by atoms with Crippen LogP contribution < -0.4 is 5.56 Å². The minimum Gasteiger partial charge on any atom is -0.464 e. The molecule has 10 heteroatoms.